The Morgan fingerprint density at radius 3 is 2.48 bits per heavy atom. The maximum Gasteiger partial charge on any atom is 0.239 e. The molecule has 112 valence electrons. The van der Waals surface area contributed by atoms with E-state index in [1.807, 2.05) is 13.8 Å². The lowest BCUT2D eigenvalue weighted by Gasteiger charge is -2.12. The molecule has 0 aliphatic carbocycles. The minimum Gasteiger partial charge on any atom is -0.434 e. The van der Waals surface area contributed by atoms with Gasteiger partial charge in [-0.2, -0.15) is 0 Å². The van der Waals surface area contributed by atoms with Crippen LogP contribution in [0.25, 0.3) is 0 Å². The topological polar surface area (TPSA) is 61.0 Å². The third kappa shape index (κ3) is 3.31. The van der Waals surface area contributed by atoms with Gasteiger partial charge in [0.25, 0.3) is 0 Å². The van der Waals surface area contributed by atoms with Gasteiger partial charge >= 0.3 is 0 Å². The molecule has 0 fully saturated rings. The van der Waals surface area contributed by atoms with E-state index in [2.05, 4.69) is 10.2 Å². The fourth-order valence-electron chi connectivity index (χ4n) is 1.62. The molecule has 0 amide bonds. The van der Waals surface area contributed by atoms with Crippen molar-refractivity contribution in [3.8, 4) is 11.6 Å². The van der Waals surface area contributed by atoms with Crippen LogP contribution in [0.4, 0.5) is 10.1 Å². The highest BCUT2D eigenvalue weighted by Gasteiger charge is 2.18. The van der Waals surface area contributed by atoms with Crippen LogP contribution in [0.3, 0.4) is 0 Å². The number of halogens is 4. The average molecular weight is 351 g/mol. The van der Waals surface area contributed by atoms with Gasteiger partial charge in [-0.3, -0.25) is 0 Å². The summed E-state index contributed by atoms with van der Waals surface area (Å²) in [6, 6.07) is 2.81. The van der Waals surface area contributed by atoms with Crippen molar-refractivity contribution in [1.29, 1.82) is 0 Å². The molecule has 1 aromatic heterocycles. The fourth-order valence-corrected chi connectivity index (χ4v) is 2.48. The lowest BCUT2D eigenvalue weighted by atomic mass is 10.1. The van der Waals surface area contributed by atoms with Gasteiger partial charge in [-0.1, -0.05) is 48.7 Å². The standard InChI is InChI=1S/C13H11Cl3FN3O/c1-5(2)6-3-9(19-20-13(6)16)21-12-7(14)4-8(18)11(17)10(12)15/h3-5H,18H2,1-2H3. The van der Waals surface area contributed by atoms with Crippen molar-refractivity contribution in [2.75, 3.05) is 5.73 Å². The first-order chi connectivity index (χ1) is 9.81. The summed E-state index contributed by atoms with van der Waals surface area (Å²) in [7, 11) is 0. The summed E-state index contributed by atoms with van der Waals surface area (Å²) in [5.74, 6) is -0.654. The Labute approximate surface area is 136 Å². The Morgan fingerprint density at radius 1 is 1.19 bits per heavy atom. The lowest BCUT2D eigenvalue weighted by Crippen LogP contribution is -1.99. The zero-order valence-corrected chi connectivity index (χ0v) is 13.4. The van der Waals surface area contributed by atoms with Crippen molar-refractivity contribution in [2.45, 2.75) is 19.8 Å². The van der Waals surface area contributed by atoms with Crippen molar-refractivity contribution in [3.63, 3.8) is 0 Å². The minimum atomic E-state index is -0.804. The van der Waals surface area contributed by atoms with Crippen LogP contribution < -0.4 is 10.5 Å². The first-order valence-electron chi connectivity index (χ1n) is 5.95. The quantitative estimate of drug-likeness (QED) is 0.620. The van der Waals surface area contributed by atoms with Gasteiger partial charge in [0.15, 0.2) is 16.7 Å². The van der Waals surface area contributed by atoms with Gasteiger partial charge in [0.05, 0.1) is 10.7 Å². The molecular formula is C13H11Cl3FN3O. The summed E-state index contributed by atoms with van der Waals surface area (Å²) in [6.45, 7) is 3.88. The summed E-state index contributed by atoms with van der Waals surface area (Å²) >= 11 is 17.8. The molecule has 0 saturated carbocycles. The third-order valence-corrected chi connectivity index (χ3v) is 3.64. The predicted octanol–water partition coefficient (Wildman–Crippen LogP) is 5.07. The highest BCUT2D eigenvalue weighted by atomic mass is 35.5. The first kappa shape index (κ1) is 16.1. The molecule has 0 saturated heterocycles. The van der Waals surface area contributed by atoms with E-state index in [9.17, 15) is 4.39 Å². The van der Waals surface area contributed by atoms with E-state index >= 15 is 0 Å². The number of ether oxygens (including phenoxy) is 1. The predicted molar refractivity (Wildman–Crippen MR) is 82.0 cm³/mol. The molecule has 4 nitrogen and oxygen atoms in total. The Balaban J connectivity index is 2.44. The molecule has 21 heavy (non-hydrogen) atoms. The van der Waals surface area contributed by atoms with E-state index in [-0.39, 0.29) is 38.4 Å². The highest BCUT2D eigenvalue weighted by Crippen LogP contribution is 2.40. The van der Waals surface area contributed by atoms with Gasteiger partial charge in [-0.05, 0) is 17.5 Å². The molecule has 0 unspecified atom stereocenters. The average Bonchev–Trinajstić information content (AvgIpc) is 2.42. The Morgan fingerprint density at radius 2 is 1.86 bits per heavy atom. The van der Waals surface area contributed by atoms with Crippen LogP contribution in [0.5, 0.6) is 11.6 Å². The van der Waals surface area contributed by atoms with Crippen LogP contribution in [0.2, 0.25) is 15.2 Å². The molecule has 1 aromatic carbocycles. The van der Waals surface area contributed by atoms with Crippen molar-refractivity contribution in [3.05, 3.63) is 38.7 Å². The highest BCUT2D eigenvalue weighted by molar-refractivity contribution is 6.37. The van der Waals surface area contributed by atoms with E-state index in [1.54, 1.807) is 6.07 Å². The van der Waals surface area contributed by atoms with Crippen LogP contribution in [-0.2, 0) is 0 Å². The van der Waals surface area contributed by atoms with Gasteiger partial charge in [-0.25, -0.2) is 4.39 Å². The normalized spacial score (nSPS) is 11.0. The van der Waals surface area contributed by atoms with E-state index < -0.39 is 5.82 Å². The molecule has 1 heterocycles. The van der Waals surface area contributed by atoms with Crippen LogP contribution in [0.15, 0.2) is 12.1 Å². The molecule has 0 aliphatic heterocycles. The van der Waals surface area contributed by atoms with Gasteiger partial charge in [0.2, 0.25) is 5.88 Å². The monoisotopic (exact) mass is 349 g/mol. The van der Waals surface area contributed by atoms with Gasteiger partial charge in [0, 0.05) is 6.07 Å². The number of aromatic nitrogens is 2. The van der Waals surface area contributed by atoms with Gasteiger partial charge < -0.3 is 10.5 Å². The second-order valence-electron chi connectivity index (χ2n) is 4.59. The van der Waals surface area contributed by atoms with Crippen molar-refractivity contribution < 1.29 is 9.13 Å². The molecule has 0 atom stereocenters. The molecule has 0 spiro atoms. The largest absolute Gasteiger partial charge is 0.434 e. The number of nitrogens with zero attached hydrogens (tertiary/aromatic N) is 2. The zero-order chi connectivity index (χ0) is 15.7. The van der Waals surface area contributed by atoms with Gasteiger partial charge in [-0.15, -0.1) is 10.2 Å². The summed E-state index contributed by atoms with van der Waals surface area (Å²) in [6.07, 6.45) is 0. The second kappa shape index (κ2) is 6.22. The van der Waals surface area contributed by atoms with Crippen molar-refractivity contribution >= 4 is 40.5 Å². The molecule has 2 rings (SSSR count). The molecular weight excluding hydrogens is 340 g/mol. The van der Waals surface area contributed by atoms with Crippen LogP contribution in [-0.4, -0.2) is 10.2 Å². The minimum absolute atomic E-state index is 0.0711. The zero-order valence-electron chi connectivity index (χ0n) is 11.1. The van der Waals surface area contributed by atoms with Crippen molar-refractivity contribution in [2.24, 2.45) is 0 Å². The maximum atomic E-state index is 13.7. The van der Waals surface area contributed by atoms with Crippen LogP contribution in [0.1, 0.15) is 25.3 Å². The fraction of sp³-hybridized carbons (Fsp3) is 0.231. The smallest absolute Gasteiger partial charge is 0.239 e. The summed E-state index contributed by atoms with van der Waals surface area (Å²) < 4.78 is 19.1. The molecule has 2 aromatic rings. The van der Waals surface area contributed by atoms with Crippen LogP contribution >= 0.6 is 34.8 Å². The Kier molecular flexibility index (Phi) is 4.76. The number of nitrogen functional groups attached to an aromatic ring is 1. The van der Waals surface area contributed by atoms with Crippen molar-refractivity contribution in [1.82, 2.24) is 10.2 Å². The van der Waals surface area contributed by atoms with Gasteiger partial charge in [0.1, 0.15) is 5.02 Å². The molecule has 0 bridgehead atoms. The third-order valence-electron chi connectivity index (χ3n) is 2.73. The number of nitrogens with two attached hydrogens (primary N) is 1. The number of benzene rings is 1. The summed E-state index contributed by atoms with van der Waals surface area (Å²) in [5, 5.41) is 7.59. The second-order valence-corrected chi connectivity index (χ2v) is 5.73. The lowest BCUT2D eigenvalue weighted by molar-refractivity contribution is 0.450. The number of rotatable bonds is 3. The Hall–Kier alpha value is -1.30. The molecule has 8 heteroatoms. The van der Waals surface area contributed by atoms with E-state index in [1.165, 1.54) is 6.07 Å². The summed E-state index contributed by atoms with van der Waals surface area (Å²) in [4.78, 5) is 0. The Bertz CT molecular complexity index is 695. The number of hydrogen-bond acceptors (Lipinski definition) is 4. The number of hydrogen-bond donors (Lipinski definition) is 1. The van der Waals surface area contributed by atoms with E-state index in [0.29, 0.717) is 0 Å². The molecule has 0 radical (unpaired) electrons. The van der Waals surface area contributed by atoms with Crippen LogP contribution in [0, 0.1) is 5.82 Å². The van der Waals surface area contributed by atoms with E-state index in [0.717, 1.165) is 5.56 Å². The molecule has 2 N–H and O–H groups in total. The number of anilines is 1. The van der Waals surface area contributed by atoms with E-state index in [4.69, 9.17) is 45.3 Å². The summed E-state index contributed by atoms with van der Waals surface area (Å²) in [5.41, 5.74) is 6.00. The SMILES string of the molecule is CC(C)c1cc(Oc2c(Cl)cc(N)c(F)c2Cl)nnc1Cl. The first-order valence-corrected chi connectivity index (χ1v) is 7.08. The molecule has 0 aliphatic rings. The maximum absolute atomic E-state index is 13.7.